The Labute approximate surface area is 171 Å². The molecule has 2 heteroatoms. The molecule has 0 N–H and O–H groups in total. The third-order valence-electron chi connectivity index (χ3n) is 6.74. The lowest BCUT2D eigenvalue weighted by Crippen LogP contribution is -2.24. The normalized spacial score (nSPS) is 14.1. The number of hydrogen-bond donors (Lipinski definition) is 0. The van der Waals surface area contributed by atoms with Crippen molar-refractivity contribution in [2.75, 3.05) is 0 Å². The van der Waals surface area contributed by atoms with Crippen LogP contribution in [0.1, 0.15) is 121 Å². The van der Waals surface area contributed by atoms with Gasteiger partial charge in [0.2, 0.25) is 0 Å². The molecule has 2 nitrogen and oxygen atoms in total. The molecule has 0 atom stereocenters. The lowest BCUT2D eigenvalue weighted by molar-refractivity contribution is 0.0970. The van der Waals surface area contributed by atoms with Crippen LogP contribution in [0.15, 0.2) is 11.1 Å². The van der Waals surface area contributed by atoms with Gasteiger partial charge in [0.15, 0.2) is 11.6 Å². The second-order valence-electron chi connectivity index (χ2n) is 8.59. The second-order valence-corrected chi connectivity index (χ2v) is 8.59. The predicted molar refractivity (Wildman–Crippen MR) is 119 cm³/mol. The van der Waals surface area contributed by atoms with Crippen LogP contribution in [0, 0.1) is 27.7 Å². The van der Waals surface area contributed by atoms with Crippen molar-refractivity contribution < 1.29 is 9.59 Å². The van der Waals surface area contributed by atoms with Gasteiger partial charge in [-0.05, 0) is 69.7 Å². The topological polar surface area (TPSA) is 34.1 Å². The number of Topliss-reactive ketones (excluding diaryl/α,β-unsaturated/α-hetero) is 2. The molecular weight excluding hydrogens is 344 g/mol. The smallest absolute Gasteiger partial charge is 0.190 e. The maximum absolute atomic E-state index is 13.3. The van der Waals surface area contributed by atoms with E-state index in [1.807, 2.05) is 27.7 Å². The SMILES string of the molecule is CCCCCCCCCCCC1=C(C)C(=O)c2c(C)c(C)c(C)c(C)c2C1=O. The van der Waals surface area contributed by atoms with E-state index in [-0.39, 0.29) is 11.6 Å². The molecule has 0 bridgehead atoms. The first-order valence-electron chi connectivity index (χ1n) is 11.2. The summed E-state index contributed by atoms with van der Waals surface area (Å²) >= 11 is 0. The summed E-state index contributed by atoms with van der Waals surface area (Å²) in [6, 6.07) is 0. The monoisotopic (exact) mass is 382 g/mol. The number of benzene rings is 1. The van der Waals surface area contributed by atoms with Crippen LogP contribution in [0.2, 0.25) is 0 Å². The third kappa shape index (κ3) is 4.64. The zero-order valence-electron chi connectivity index (χ0n) is 18.9. The van der Waals surface area contributed by atoms with Gasteiger partial charge in [0, 0.05) is 22.3 Å². The van der Waals surface area contributed by atoms with E-state index in [0.29, 0.717) is 16.7 Å². The Morgan fingerprint density at radius 1 is 0.536 bits per heavy atom. The van der Waals surface area contributed by atoms with Gasteiger partial charge in [-0.1, -0.05) is 58.3 Å². The van der Waals surface area contributed by atoms with Crippen molar-refractivity contribution in [2.45, 2.75) is 106 Å². The number of rotatable bonds is 10. The maximum Gasteiger partial charge on any atom is 0.190 e. The van der Waals surface area contributed by atoms with Crippen molar-refractivity contribution in [2.24, 2.45) is 0 Å². The lowest BCUT2D eigenvalue weighted by Gasteiger charge is -2.25. The number of ketones is 2. The van der Waals surface area contributed by atoms with Gasteiger partial charge in [0.1, 0.15) is 0 Å². The Bertz CT molecular complexity index is 780. The molecule has 1 aliphatic carbocycles. The minimum atomic E-state index is 0.0595. The van der Waals surface area contributed by atoms with Crippen LogP contribution >= 0.6 is 0 Å². The van der Waals surface area contributed by atoms with Gasteiger partial charge in [-0.25, -0.2) is 0 Å². The highest BCUT2D eigenvalue weighted by Gasteiger charge is 2.33. The molecule has 0 aliphatic heterocycles. The van der Waals surface area contributed by atoms with E-state index in [4.69, 9.17) is 0 Å². The van der Waals surface area contributed by atoms with Crippen LogP contribution in [0.25, 0.3) is 0 Å². The molecule has 0 heterocycles. The van der Waals surface area contributed by atoms with Crippen molar-refractivity contribution in [1.82, 2.24) is 0 Å². The summed E-state index contributed by atoms with van der Waals surface area (Å²) in [7, 11) is 0. The molecule has 2 rings (SSSR count). The molecular formula is C26H38O2. The summed E-state index contributed by atoms with van der Waals surface area (Å²) in [6.45, 7) is 12.2. The van der Waals surface area contributed by atoms with Crippen LogP contribution in [0.3, 0.4) is 0 Å². The zero-order chi connectivity index (χ0) is 20.8. The van der Waals surface area contributed by atoms with Crippen LogP contribution in [-0.4, -0.2) is 11.6 Å². The summed E-state index contributed by atoms with van der Waals surface area (Å²) in [5.74, 6) is 0.152. The number of carbonyl (C=O) groups is 2. The fourth-order valence-electron chi connectivity index (χ4n) is 4.44. The molecule has 154 valence electrons. The molecule has 0 unspecified atom stereocenters. The van der Waals surface area contributed by atoms with E-state index in [9.17, 15) is 9.59 Å². The summed E-state index contributed by atoms with van der Waals surface area (Å²) in [5, 5.41) is 0. The van der Waals surface area contributed by atoms with Crippen LogP contribution < -0.4 is 0 Å². The fraction of sp³-hybridized carbons (Fsp3) is 0.615. The molecule has 0 saturated carbocycles. The van der Waals surface area contributed by atoms with E-state index in [1.54, 1.807) is 0 Å². The number of allylic oxidation sites excluding steroid dienone is 2. The number of unbranched alkanes of at least 4 members (excludes halogenated alkanes) is 8. The quantitative estimate of drug-likeness (QED) is 0.392. The van der Waals surface area contributed by atoms with Gasteiger partial charge in [-0.2, -0.15) is 0 Å². The van der Waals surface area contributed by atoms with Crippen molar-refractivity contribution in [3.8, 4) is 0 Å². The van der Waals surface area contributed by atoms with E-state index >= 15 is 0 Å². The molecule has 1 aromatic rings. The largest absolute Gasteiger partial charge is 0.289 e. The molecule has 0 fully saturated rings. The summed E-state index contributed by atoms with van der Waals surface area (Å²) in [5.41, 5.74) is 6.97. The van der Waals surface area contributed by atoms with E-state index in [2.05, 4.69) is 13.8 Å². The highest BCUT2D eigenvalue weighted by atomic mass is 16.1. The number of hydrogen-bond acceptors (Lipinski definition) is 2. The first-order chi connectivity index (χ1) is 13.3. The molecule has 1 aromatic carbocycles. The minimum Gasteiger partial charge on any atom is -0.289 e. The van der Waals surface area contributed by atoms with E-state index in [1.165, 1.54) is 44.9 Å². The van der Waals surface area contributed by atoms with Gasteiger partial charge < -0.3 is 0 Å². The van der Waals surface area contributed by atoms with Gasteiger partial charge in [-0.15, -0.1) is 0 Å². The van der Waals surface area contributed by atoms with E-state index in [0.717, 1.165) is 47.1 Å². The molecule has 0 radical (unpaired) electrons. The summed E-state index contributed by atoms with van der Waals surface area (Å²) in [4.78, 5) is 26.3. The number of fused-ring (bicyclic) bond motifs is 1. The Kier molecular flexibility index (Phi) is 8.22. The van der Waals surface area contributed by atoms with Gasteiger partial charge >= 0.3 is 0 Å². The Hall–Kier alpha value is -1.70. The van der Waals surface area contributed by atoms with Crippen LogP contribution in [0.5, 0.6) is 0 Å². The third-order valence-corrected chi connectivity index (χ3v) is 6.74. The molecule has 0 spiro atoms. The van der Waals surface area contributed by atoms with Gasteiger partial charge in [0.05, 0.1) is 0 Å². The first-order valence-corrected chi connectivity index (χ1v) is 11.2. The average Bonchev–Trinajstić information content (AvgIpc) is 2.68. The van der Waals surface area contributed by atoms with Gasteiger partial charge in [0.25, 0.3) is 0 Å². The van der Waals surface area contributed by atoms with Crippen molar-refractivity contribution in [1.29, 1.82) is 0 Å². The van der Waals surface area contributed by atoms with Gasteiger partial charge in [-0.3, -0.25) is 9.59 Å². The van der Waals surface area contributed by atoms with E-state index < -0.39 is 0 Å². The van der Waals surface area contributed by atoms with Crippen LogP contribution in [-0.2, 0) is 0 Å². The van der Waals surface area contributed by atoms with Crippen molar-refractivity contribution >= 4 is 11.6 Å². The molecule has 0 saturated heterocycles. The fourth-order valence-corrected chi connectivity index (χ4v) is 4.44. The second kappa shape index (κ2) is 10.2. The Balaban J connectivity index is 2.02. The molecule has 1 aliphatic rings. The van der Waals surface area contributed by atoms with Crippen molar-refractivity contribution in [3.63, 3.8) is 0 Å². The number of carbonyl (C=O) groups excluding carboxylic acids is 2. The predicted octanol–water partition coefficient (Wildman–Crippen LogP) is 7.54. The molecule has 28 heavy (non-hydrogen) atoms. The standard InChI is InChI=1S/C26H38O2/c1-7-8-9-10-11-12-13-14-15-16-22-21(6)25(27)23-19(4)17(2)18(3)20(5)24(23)26(22)28/h7-16H2,1-6H3. The Morgan fingerprint density at radius 2 is 0.964 bits per heavy atom. The summed E-state index contributed by atoms with van der Waals surface area (Å²) in [6.07, 6.45) is 12.1. The Morgan fingerprint density at radius 3 is 1.46 bits per heavy atom. The first kappa shape index (κ1) is 22.6. The summed E-state index contributed by atoms with van der Waals surface area (Å²) < 4.78 is 0. The van der Waals surface area contributed by atoms with Crippen LogP contribution in [0.4, 0.5) is 0 Å². The highest BCUT2D eigenvalue weighted by Crippen LogP contribution is 2.36. The average molecular weight is 383 g/mol. The maximum atomic E-state index is 13.3. The highest BCUT2D eigenvalue weighted by molar-refractivity contribution is 6.28. The molecule has 0 amide bonds. The lowest BCUT2D eigenvalue weighted by atomic mass is 9.76. The van der Waals surface area contributed by atoms with Crippen molar-refractivity contribution in [3.05, 3.63) is 44.5 Å². The molecule has 0 aromatic heterocycles. The minimum absolute atomic E-state index is 0.0595. The zero-order valence-corrected chi connectivity index (χ0v) is 18.9.